The van der Waals surface area contributed by atoms with E-state index in [1.807, 2.05) is 0 Å². The first-order valence-electron chi connectivity index (χ1n) is 5.23. The van der Waals surface area contributed by atoms with Gasteiger partial charge in [0.25, 0.3) is 0 Å². The quantitative estimate of drug-likeness (QED) is 0.777. The Morgan fingerprint density at radius 2 is 2.24 bits per heavy atom. The second kappa shape index (κ2) is 4.30. The second-order valence-electron chi connectivity index (χ2n) is 3.82. The Balaban J connectivity index is 2.36. The lowest BCUT2D eigenvalue weighted by atomic mass is 10.1. The van der Waals surface area contributed by atoms with Crippen molar-refractivity contribution in [3.63, 3.8) is 0 Å². The van der Waals surface area contributed by atoms with E-state index < -0.39 is 5.97 Å². The van der Waals surface area contributed by atoms with Gasteiger partial charge in [0.15, 0.2) is 0 Å². The summed E-state index contributed by atoms with van der Waals surface area (Å²) in [6.45, 7) is 0.568. The van der Waals surface area contributed by atoms with Crippen molar-refractivity contribution in [3.05, 3.63) is 29.3 Å². The van der Waals surface area contributed by atoms with Gasteiger partial charge in [0.2, 0.25) is 5.91 Å². The third-order valence-corrected chi connectivity index (χ3v) is 2.78. The van der Waals surface area contributed by atoms with Gasteiger partial charge in [-0.15, -0.1) is 6.42 Å². The van der Waals surface area contributed by atoms with Crippen LogP contribution in [0.3, 0.4) is 0 Å². The van der Waals surface area contributed by atoms with Crippen molar-refractivity contribution in [2.24, 2.45) is 0 Å². The van der Waals surface area contributed by atoms with Crippen LogP contribution in [0.15, 0.2) is 18.2 Å². The van der Waals surface area contributed by atoms with Crippen molar-refractivity contribution in [2.45, 2.75) is 12.8 Å². The van der Waals surface area contributed by atoms with Gasteiger partial charge in [-0.05, 0) is 24.1 Å². The van der Waals surface area contributed by atoms with Crippen LogP contribution in [-0.2, 0) is 11.2 Å². The molecule has 1 aromatic rings. The zero-order valence-corrected chi connectivity index (χ0v) is 9.14. The van der Waals surface area contributed by atoms with Gasteiger partial charge in [-0.1, -0.05) is 12.0 Å². The van der Waals surface area contributed by atoms with Gasteiger partial charge < -0.3 is 10.0 Å². The third kappa shape index (κ3) is 2.00. The van der Waals surface area contributed by atoms with E-state index in [1.54, 1.807) is 17.0 Å². The molecule has 2 rings (SSSR count). The first kappa shape index (κ1) is 11.2. The normalized spacial score (nSPS) is 13.0. The van der Waals surface area contributed by atoms with Gasteiger partial charge in [-0.25, -0.2) is 4.79 Å². The molecule has 0 bridgehead atoms. The lowest BCUT2D eigenvalue weighted by Crippen LogP contribution is -2.28. The van der Waals surface area contributed by atoms with Crippen LogP contribution in [0.25, 0.3) is 0 Å². The van der Waals surface area contributed by atoms with Gasteiger partial charge in [0.05, 0.1) is 12.0 Å². The maximum Gasteiger partial charge on any atom is 0.335 e. The van der Waals surface area contributed by atoms with E-state index >= 15 is 0 Å². The van der Waals surface area contributed by atoms with E-state index in [0.717, 1.165) is 12.0 Å². The van der Waals surface area contributed by atoms with Crippen molar-refractivity contribution in [3.8, 4) is 12.3 Å². The average molecular weight is 229 g/mol. The van der Waals surface area contributed by atoms with Crippen LogP contribution in [0.1, 0.15) is 22.3 Å². The molecule has 0 spiro atoms. The summed E-state index contributed by atoms with van der Waals surface area (Å²) in [5.74, 6) is 1.15. The van der Waals surface area contributed by atoms with Crippen molar-refractivity contribution < 1.29 is 14.7 Å². The van der Waals surface area contributed by atoms with Gasteiger partial charge >= 0.3 is 5.97 Å². The highest BCUT2D eigenvalue weighted by Gasteiger charge is 2.24. The molecule has 4 heteroatoms. The molecule has 4 nitrogen and oxygen atoms in total. The Morgan fingerprint density at radius 1 is 1.47 bits per heavy atom. The predicted octanol–water partition coefficient (Wildman–Crippen LogP) is 1.30. The fraction of sp³-hybridized carbons (Fsp3) is 0.231. The number of anilines is 1. The number of carboxylic acids is 1. The number of rotatable bonds is 2. The molecule has 86 valence electrons. The van der Waals surface area contributed by atoms with Crippen LogP contribution in [0.2, 0.25) is 0 Å². The fourth-order valence-electron chi connectivity index (χ4n) is 1.95. The summed E-state index contributed by atoms with van der Waals surface area (Å²) in [7, 11) is 0. The minimum absolute atomic E-state index is 0.0384. The number of benzene rings is 1. The van der Waals surface area contributed by atoms with Gasteiger partial charge in [0.1, 0.15) is 0 Å². The van der Waals surface area contributed by atoms with Gasteiger partial charge in [0, 0.05) is 12.2 Å². The van der Waals surface area contributed by atoms with Crippen LogP contribution >= 0.6 is 0 Å². The molecule has 0 radical (unpaired) electrons. The van der Waals surface area contributed by atoms with Crippen molar-refractivity contribution in [1.82, 2.24) is 0 Å². The number of hydrogen-bond acceptors (Lipinski definition) is 2. The van der Waals surface area contributed by atoms with Crippen LogP contribution < -0.4 is 4.90 Å². The fourth-order valence-corrected chi connectivity index (χ4v) is 1.95. The molecule has 1 N–H and O–H groups in total. The molecule has 0 saturated carbocycles. The minimum Gasteiger partial charge on any atom is -0.478 e. The highest BCUT2D eigenvalue weighted by atomic mass is 16.4. The first-order valence-corrected chi connectivity index (χ1v) is 5.23. The molecule has 0 saturated heterocycles. The Morgan fingerprint density at radius 3 is 2.88 bits per heavy atom. The van der Waals surface area contributed by atoms with Crippen LogP contribution in [0.5, 0.6) is 0 Å². The third-order valence-electron chi connectivity index (χ3n) is 2.78. The molecule has 1 aliphatic rings. The Bertz CT molecular complexity index is 528. The predicted molar refractivity (Wildman–Crippen MR) is 62.9 cm³/mol. The molecule has 1 heterocycles. The van der Waals surface area contributed by atoms with Gasteiger partial charge in [-0.2, -0.15) is 0 Å². The maximum atomic E-state index is 11.7. The lowest BCUT2D eigenvalue weighted by Gasteiger charge is -2.16. The smallest absolute Gasteiger partial charge is 0.335 e. The van der Waals surface area contributed by atoms with Crippen molar-refractivity contribution >= 4 is 17.6 Å². The molecule has 1 amide bonds. The monoisotopic (exact) mass is 229 g/mol. The van der Waals surface area contributed by atoms with Crippen LogP contribution in [0, 0.1) is 12.3 Å². The topological polar surface area (TPSA) is 57.6 Å². The molecule has 0 fully saturated rings. The number of carboxylic acid groups (broad SMARTS) is 1. The van der Waals surface area contributed by atoms with Crippen LogP contribution in [-0.4, -0.2) is 23.5 Å². The SMILES string of the molecule is C#CCC(=O)N1CCc2ccc(C(=O)O)cc21. The Hall–Kier alpha value is -2.28. The number of amides is 1. The molecule has 17 heavy (non-hydrogen) atoms. The van der Waals surface area contributed by atoms with E-state index in [1.165, 1.54) is 6.07 Å². The zero-order valence-electron chi connectivity index (χ0n) is 9.14. The molecule has 1 aliphatic heterocycles. The molecular weight excluding hydrogens is 218 g/mol. The number of fused-ring (bicyclic) bond motifs is 1. The standard InChI is InChI=1S/C13H11NO3/c1-2-3-12(15)14-7-6-9-4-5-10(13(16)17)8-11(9)14/h1,4-5,8H,3,6-7H2,(H,16,17). The summed E-state index contributed by atoms with van der Waals surface area (Å²) in [5, 5.41) is 8.91. The minimum atomic E-state index is -0.996. The highest BCUT2D eigenvalue weighted by molar-refractivity contribution is 5.98. The van der Waals surface area contributed by atoms with E-state index in [4.69, 9.17) is 11.5 Å². The maximum absolute atomic E-state index is 11.7. The van der Waals surface area contributed by atoms with E-state index in [-0.39, 0.29) is 17.9 Å². The number of carbonyl (C=O) groups excluding carboxylic acids is 1. The molecule has 0 aliphatic carbocycles. The van der Waals surface area contributed by atoms with E-state index in [9.17, 15) is 9.59 Å². The van der Waals surface area contributed by atoms with Crippen LogP contribution in [0.4, 0.5) is 5.69 Å². The second-order valence-corrected chi connectivity index (χ2v) is 3.82. The number of nitrogens with zero attached hydrogens (tertiary/aromatic N) is 1. The number of aromatic carboxylic acids is 1. The summed E-state index contributed by atoms with van der Waals surface area (Å²) in [6.07, 6.45) is 5.88. The summed E-state index contributed by atoms with van der Waals surface area (Å²) in [6, 6.07) is 4.83. The first-order chi connectivity index (χ1) is 8.13. The Labute approximate surface area is 98.9 Å². The number of hydrogen-bond donors (Lipinski definition) is 1. The van der Waals surface area contributed by atoms with Crippen molar-refractivity contribution in [2.75, 3.05) is 11.4 Å². The zero-order chi connectivity index (χ0) is 12.4. The van der Waals surface area contributed by atoms with E-state index in [0.29, 0.717) is 12.2 Å². The molecule has 0 unspecified atom stereocenters. The molecular formula is C13H11NO3. The molecule has 0 aromatic heterocycles. The lowest BCUT2D eigenvalue weighted by molar-refractivity contribution is -0.117. The summed E-state index contributed by atoms with van der Waals surface area (Å²) >= 11 is 0. The molecule has 0 atom stereocenters. The molecule has 1 aromatic carbocycles. The van der Waals surface area contributed by atoms with E-state index in [2.05, 4.69) is 5.92 Å². The average Bonchev–Trinajstić information content (AvgIpc) is 2.71. The summed E-state index contributed by atoms with van der Waals surface area (Å²) < 4.78 is 0. The largest absolute Gasteiger partial charge is 0.478 e. The number of carbonyl (C=O) groups is 2. The highest BCUT2D eigenvalue weighted by Crippen LogP contribution is 2.29. The summed E-state index contributed by atoms with van der Waals surface area (Å²) in [5.41, 5.74) is 1.84. The number of terminal acetylenes is 1. The Kier molecular flexibility index (Phi) is 2.84. The summed E-state index contributed by atoms with van der Waals surface area (Å²) in [4.78, 5) is 24.1. The van der Waals surface area contributed by atoms with Gasteiger partial charge in [-0.3, -0.25) is 4.79 Å². The van der Waals surface area contributed by atoms with Crippen molar-refractivity contribution in [1.29, 1.82) is 0 Å².